The zero-order valence-corrected chi connectivity index (χ0v) is 12.5. The summed E-state index contributed by atoms with van der Waals surface area (Å²) in [5.74, 6) is 1.04. The Kier molecular flexibility index (Phi) is 8.61. The van der Waals surface area contributed by atoms with E-state index in [2.05, 4.69) is 43.3 Å². The smallest absolute Gasteiger partial charge is 0.0600 e. The molecule has 0 heterocycles. The fourth-order valence-electron chi connectivity index (χ4n) is 2.01. The van der Waals surface area contributed by atoms with Gasteiger partial charge in [-0.25, -0.2) is 0 Å². The summed E-state index contributed by atoms with van der Waals surface area (Å²) in [6.07, 6.45) is 8.79. The largest absolute Gasteiger partial charge is 0.393 e. The van der Waals surface area contributed by atoms with Crippen LogP contribution in [0, 0.1) is 5.92 Å². The number of aliphatic hydroxyl groups excluding tert-OH is 1. The Morgan fingerprint density at radius 3 is 2.63 bits per heavy atom. The molecule has 1 aromatic carbocycles. The zero-order valence-electron chi connectivity index (χ0n) is 11.8. The van der Waals surface area contributed by atoms with E-state index in [-0.39, 0.29) is 6.10 Å². The van der Waals surface area contributed by atoms with Crippen molar-refractivity contribution < 1.29 is 5.11 Å². The Hall–Kier alpha value is -0.790. The van der Waals surface area contributed by atoms with Crippen molar-refractivity contribution in [3.8, 4) is 0 Å². The van der Waals surface area contributed by atoms with Crippen LogP contribution in [-0.4, -0.2) is 17.1 Å². The monoisotopic (exact) mass is 280 g/mol. The van der Waals surface area contributed by atoms with Gasteiger partial charge >= 0.3 is 0 Å². The predicted molar refractivity (Wildman–Crippen MR) is 83.6 cm³/mol. The number of hydrogen-bond acceptors (Lipinski definition) is 1. The Morgan fingerprint density at radius 2 is 1.95 bits per heavy atom. The standard InChI is InChI=1S/C17H25ClO/c1-15(12-13-16-9-5-4-6-10-16)17(19)11-7-2-3-8-14-18/h2,4-7,9-10,15,17,19H,3,8,11-14H2,1H3/b7-2+. The van der Waals surface area contributed by atoms with Crippen molar-refractivity contribution >= 4 is 11.6 Å². The molecule has 0 spiro atoms. The van der Waals surface area contributed by atoms with Crippen molar-refractivity contribution in [2.75, 3.05) is 5.88 Å². The van der Waals surface area contributed by atoms with Crippen molar-refractivity contribution in [1.82, 2.24) is 0 Å². The van der Waals surface area contributed by atoms with E-state index in [1.165, 1.54) is 5.56 Å². The molecule has 0 saturated carbocycles. The molecule has 2 heteroatoms. The van der Waals surface area contributed by atoms with Gasteiger partial charge in [-0.05, 0) is 43.6 Å². The van der Waals surface area contributed by atoms with Crippen molar-refractivity contribution in [2.45, 2.75) is 45.1 Å². The second-order valence-corrected chi connectivity index (χ2v) is 5.49. The Labute approximate surface area is 122 Å². The molecule has 0 bridgehead atoms. The van der Waals surface area contributed by atoms with Crippen LogP contribution in [-0.2, 0) is 6.42 Å². The predicted octanol–water partition coefficient (Wildman–Crippen LogP) is 4.58. The molecule has 1 rings (SSSR count). The number of aryl methyl sites for hydroxylation is 1. The Morgan fingerprint density at radius 1 is 1.21 bits per heavy atom. The van der Waals surface area contributed by atoms with Gasteiger partial charge in [0.25, 0.3) is 0 Å². The lowest BCUT2D eigenvalue weighted by molar-refractivity contribution is 0.115. The van der Waals surface area contributed by atoms with Crippen LogP contribution in [0.5, 0.6) is 0 Å². The second kappa shape index (κ2) is 10.1. The van der Waals surface area contributed by atoms with Crippen LogP contribution in [0.2, 0.25) is 0 Å². The fraction of sp³-hybridized carbons (Fsp3) is 0.529. The van der Waals surface area contributed by atoms with Gasteiger partial charge in [0.1, 0.15) is 0 Å². The van der Waals surface area contributed by atoms with E-state index in [0.29, 0.717) is 11.8 Å². The molecule has 2 atom stereocenters. The summed E-state index contributed by atoms with van der Waals surface area (Å²) >= 11 is 5.61. The van der Waals surface area contributed by atoms with Gasteiger partial charge in [-0.15, -0.1) is 11.6 Å². The number of allylic oxidation sites excluding steroid dienone is 1. The number of aliphatic hydroxyl groups is 1. The van der Waals surface area contributed by atoms with Crippen LogP contribution < -0.4 is 0 Å². The molecule has 0 aliphatic heterocycles. The number of alkyl halides is 1. The summed E-state index contributed by atoms with van der Waals surface area (Å²) in [5.41, 5.74) is 1.35. The summed E-state index contributed by atoms with van der Waals surface area (Å²) in [6, 6.07) is 10.5. The molecule has 2 unspecified atom stereocenters. The highest BCUT2D eigenvalue weighted by atomic mass is 35.5. The summed E-state index contributed by atoms with van der Waals surface area (Å²) < 4.78 is 0. The van der Waals surface area contributed by atoms with E-state index in [0.717, 1.165) is 32.1 Å². The number of halogens is 1. The van der Waals surface area contributed by atoms with Gasteiger partial charge in [-0.1, -0.05) is 49.4 Å². The lowest BCUT2D eigenvalue weighted by atomic mass is 9.94. The third kappa shape index (κ3) is 7.39. The van der Waals surface area contributed by atoms with Crippen LogP contribution in [0.15, 0.2) is 42.5 Å². The SMILES string of the molecule is CC(CCc1ccccc1)C(O)C/C=C/CCCCl. The van der Waals surface area contributed by atoms with E-state index in [4.69, 9.17) is 11.6 Å². The third-order valence-corrected chi connectivity index (χ3v) is 3.70. The van der Waals surface area contributed by atoms with Crippen LogP contribution >= 0.6 is 11.6 Å². The Balaban J connectivity index is 2.21. The maximum absolute atomic E-state index is 10.1. The normalized spacial score (nSPS) is 14.7. The minimum Gasteiger partial charge on any atom is -0.393 e. The lowest BCUT2D eigenvalue weighted by Gasteiger charge is -2.17. The zero-order chi connectivity index (χ0) is 13.9. The van der Waals surface area contributed by atoms with Crippen molar-refractivity contribution in [2.24, 2.45) is 5.92 Å². The molecular formula is C17H25ClO. The van der Waals surface area contributed by atoms with Gasteiger partial charge < -0.3 is 5.11 Å². The first-order valence-corrected chi connectivity index (χ1v) is 7.70. The number of unbranched alkanes of at least 4 members (excludes halogenated alkanes) is 1. The highest BCUT2D eigenvalue weighted by Crippen LogP contribution is 2.15. The maximum Gasteiger partial charge on any atom is 0.0600 e. The number of rotatable bonds is 9. The first kappa shape index (κ1) is 16.3. The topological polar surface area (TPSA) is 20.2 Å². The molecular weight excluding hydrogens is 256 g/mol. The molecule has 0 aliphatic rings. The molecule has 1 N–H and O–H groups in total. The molecule has 0 aromatic heterocycles. The van der Waals surface area contributed by atoms with Crippen LogP contribution in [0.3, 0.4) is 0 Å². The average molecular weight is 281 g/mol. The van der Waals surface area contributed by atoms with Crippen molar-refractivity contribution in [1.29, 1.82) is 0 Å². The third-order valence-electron chi connectivity index (χ3n) is 3.44. The molecule has 0 fully saturated rings. The van der Waals surface area contributed by atoms with Crippen LogP contribution in [0.1, 0.15) is 38.2 Å². The molecule has 0 aliphatic carbocycles. The molecule has 106 valence electrons. The van der Waals surface area contributed by atoms with Crippen LogP contribution in [0.25, 0.3) is 0 Å². The molecule has 0 saturated heterocycles. The highest BCUT2D eigenvalue weighted by Gasteiger charge is 2.12. The second-order valence-electron chi connectivity index (χ2n) is 5.11. The molecule has 1 aromatic rings. The van der Waals surface area contributed by atoms with Crippen LogP contribution in [0.4, 0.5) is 0 Å². The van der Waals surface area contributed by atoms with E-state index in [1.54, 1.807) is 0 Å². The van der Waals surface area contributed by atoms with E-state index >= 15 is 0 Å². The van der Waals surface area contributed by atoms with Gasteiger partial charge in [-0.3, -0.25) is 0 Å². The molecule has 0 radical (unpaired) electrons. The van der Waals surface area contributed by atoms with E-state index < -0.39 is 0 Å². The minimum absolute atomic E-state index is 0.240. The minimum atomic E-state index is -0.240. The lowest BCUT2D eigenvalue weighted by Crippen LogP contribution is -2.17. The van der Waals surface area contributed by atoms with Gasteiger partial charge in [0.05, 0.1) is 6.10 Å². The summed E-state index contributed by atoms with van der Waals surface area (Å²) in [4.78, 5) is 0. The number of benzene rings is 1. The fourth-order valence-corrected chi connectivity index (χ4v) is 2.17. The van der Waals surface area contributed by atoms with E-state index in [1.807, 2.05) is 6.07 Å². The molecule has 1 nitrogen and oxygen atoms in total. The summed E-state index contributed by atoms with van der Waals surface area (Å²) in [6.45, 7) is 2.13. The van der Waals surface area contributed by atoms with Gasteiger partial charge in [0.2, 0.25) is 0 Å². The summed E-state index contributed by atoms with van der Waals surface area (Å²) in [7, 11) is 0. The first-order chi connectivity index (χ1) is 9.24. The summed E-state index contributed by atoms with van der Waals surface area (Å²) in [5, 5.41) is 10.1. The van der Waals surface area contributed by atoms with Gasteiger partial charge in [-0.2, -0.15) is 0 Å². The van der Waals surface area contributed by atoms with Crippen molar-refractivity contribution in [3.63, 3.8) is 0 Å². The Bertz CT molecular complexity index is 348. The quantitative estimate of drug-likeness (QED) is 0.399. The number of hydrogen-bond donors (Lipinski definition) is 1. The van der Waals surface area contributed by atoms with E-state index in [9.17, 15) is 5.11 Å². The maximum atomic E-state index is 10.1. The van der Waals surface area contributed by atoms with Crippen molar-refractivity contribution in [3.05, 3.63) is 48.0 Å². The molecule has 19 heavy (non-hydrogen) atoms. The van der Waals surface area contributed by atoms with Gasteiger partial charge in [0.15, 0.2) is 0 Å². The van der Waals surface area contributed by atoms with Gasteiger partial charge in [0, 0.05) is 5.88 Å². The molecule has 0 amide bonds. The first-order valence-electron chi connectivity index (χ1n) is 7.17. The highest BCUT2D eigenvalue weighted by molar-refractivity contribution is 6.17. The average Bonchev–Trinajstić information content (AvgIpc) is 2.45.